The summed E-state index contributed by atoms with van der Waals surface area (Å²) in [5, 5.41) is 0. The lowest BCUT2D eigenvalue weighted by molar-refractivity contribution is 0.00547. The van der Waals surface area contributed by atoms with Gasteiger partial charge in [0.1, 0.15) is 0 Å². The SMILES string of the molecule is O=C1C(F)=C(F)C(F)(F)c2c1c(F)c(F)c(F)c2-c1c(F)c(F)c(F)c(F)c1F. The molecule has 13 heteroatoms. The number of fused-ring (bicyclic) bond motifs is 1. The molecule has 3 rings (SSSR count). The van der Waals surface area contributed by atoms with Gasteiger partial charge in [0, 0.05) is 5.56 Å². The van der Waals surface area contributed by atoms with Gasteiger partial charge in [0.2, 0.25) is 23.3 Å². The Morgan fingerprint density at radius 1 is 0.483 bits per heavy atom. The number of carbonyl (C=O) groups excluding carboxylic acids is 1. The summed E-state index contributed by atoms with van der Waals surface area (Å²) >= 11 is 0. The Balaban J connectivity index is 2.65. The summed E-state index contributed by atoms with van der Waals surface area (Å²) in [4.78, 5) is 11.6. The Morgan fingerprint density at radius 3 is 1.31 bits per heavy atom. The van der Waals surface area contributed by atoms with Gasteiger partial charge in [0.05, 0.1) is 16.7 Å². The minimum Gasteiger partial charge on any atom is -0.286 e. The number of ketones is 1. The van der Waals surface area contributed by atoms with Crippen molar-refractivity contribution in [2.24, 2.45) is 0 Å². The lowest BCUT2D eigenvalue weighted by Gasteiger charge is -2.26. The topological polar surface area (TPSA) is 17.1 Å². The lowest BCUT2D eigenvalue weighted by atomic mass is 9.83. The molecule has 0 unspecified atom stereocenters. The zero-order valence-corrected chi connectivity index (χ0v) is 12.9. The summed E-state index contributed by atoms with van der Waals surface area (Å²) in [6.45, 7) is 0. The summed E-state index contributed by atoms with van der Waals surface area (Å²) in [7, 11) is 0. The van der Waals surface area contributed by atoms with E-state index in [0.29, 0.717) is 0 Å². The second kappa shape index (κ2) is 6.26. The summed E-state index contributed by atoms with van der Waals surface area (Å²) in [5.74, 6) is -37.4. The van der Waals surface area contributed by atoms with Crippen LogP contribution in [0.1, 0.15) is 15.9 Å². The fraction of sp³-hybridized carbons (Fsp3) is 0.0625. The smallest absolute Gasteiger partial charge is 0.286 e. The molecule has 1 aliphatic carbocycles. The van der Waals surface area contributed by atoms with Crippen LogP contribution in [-0.4, -0.2) is 5.78 Å². The third kappa shape index (κ3) is 2.48. The summed E-state index contributed by atoms with van der Waals surface area (Å²) in [6, 6.07) is 0. The van der Waals surface area contributed by atoms with E-state index in [1.54, 1.807) is 0 Å². The largest absolute Gasteiger partial charge is 0.328 e. The Morgan fingerprint density at radius 2 is 0.828 bits per heavy atom. The van der Waals surface area contributed by atoms with E-state index in [4.69, 9.17) is 0 Å². The van der Waals surface area contributed by atoms with E-state index in [0.717, 1.165) is 0 Å². The number of hydrogen-bond donors (Lipinski definition) is 0. The number of alkyl halides is 2. The fourth-order valence-corrected chi connectivity index (χ4v) is 2.70. The molecule has 1 nitrogen and oxygen atoms in total. The van der Waals surface area contributed by atoms with Crippen molar-refractivity contribution < 1.29 is 57.5 Å². The molecule has 154 valence electrons. The molecule has 0 saturated carbocycles. The van der Waals surface area contributed by atoms with Crippen molar-refractivity contribution in [3.8, 4) is 11.1 Å². The highest BCUT2D eigenvalue weighted by molar-refractivity contribution is 6.11. The number of allylic oxidation sites excluding steroid dienone is 2. The predicted molar refractivity (Wildman–Crippen MR) is 69.0 cm³/mol. The maximum Gasteiger partial charge on any atom is 0.328 e. The van der Waals surface area contributed by atoms with Crippen LogP contribution < -0.4 is 0 Å². The third-order valence-corrected chi connectivity index (χ3v) is 3.99. The van der Waals surface area contributed by atoms with Crippen molar-refractivity contribution in [1.29, 1.82) is 0 Å². The van der Waals surface area contributed by atoms with Gasteiger partial charge in [-0.25, -0.2) is 39.5 Å². The van der Waals surface area contributed by atoms with Crippen LogP contribution in [0.3, 0.4) is 0 Å². The molecule has 2 aromatic rings. The maximum atomic E-state index is 14.2. The number of benzene rings is 2. The average molecular weight is 436 g/mol. The molecule has 0 aliphatic heterocycles. The maximum absolute atomic E-state index is 14.2. The average Bonchev–Trinajstić information content (AvgIpc) is 2.67. The third-order valence-electron chi connectivity index (χ3n) is 3.99. The van der Waals surface area contributed by atoms with Crippen molar-refractivity contribution in [1.82, 2.24) is 0 Å². The number of rotatable bonds is 1. The van der Waals surface area contributed by atoms with Gasteiger partial charge in [-0.1, -0.05) is 0 Å². The van der Waals surface area contributed by atoms with Gasteiger partial charge in [-0.3, -0.25) is 4.79 Å². The van der Waals surface area contributed by atoms with Crippen molar-refractivity contribution in [3.05, 3.63) is 69.3 Å². The summed E-state index contributed by atoms with van der Waals surface area (Å²) in [5.41, 5.74) is -10.1. The molecule has 0 N–H and O–H groups in total. The van der Waals surface area contributed by atoms with Gasteiger partial charge in [-0.05, 0) is 0 Å². The van der Waals surface area contributed by atoms with Crippen LogP contribution in [0.4, 0.5) is 52.7 Å². The monoisotopic (exact) mass is 436 g/mol. The van der Waals surface area contributed by atoms with Gasteiger partial charge in [-0.15, -0.1) is 0 Å². The molecule has 0 fully saturated rings. The molecule has 0 aromatic heterocycles. The van der Waals surface area contributed by atoms with Crippen LogP contribution in [0.5, 0.6) is 0 Å². The highest BCUT2D eigenvalue weighted by Crippen LogP contribution is 2.51. The first-order chi connectivity index (χ1) is 13.3. The Bertz CT molecular complexity index is 1120. The van der Waals surface area contributed by atoms with E-state index < -0.39 is 92.2 Å². The van der Waals surface area contributed by atoms with Crippen molar-refractivity contribution >= 4 is 5.78 Å². The molecule has 0 atom stereocenters. The number of Topliss-reactive ketones (excluding diaryl/α,β-unsaturated/α-hetero) is 1. The van der Waals surface area contributed by atoms with Crippen molar-refractivity contribution in [2.45, 2.75) is 5.92 Å². The highest BCUT2D eigenvalue weighted by atomic mass is 19.3. The fourth-order valence-electron chi connectivity index (χ4n) is 2.70. The summed E-state index contributed by atoms with van der Waals surface area (Å²) < 4.78 is 165. The van der Waals surface area contributed by atoms with E-state index in [-0.39, 0.29) is 0 Å². The van der Waals surface area contributed by atoms with Crippen LogP contribution in [0.15, 0.2) is 11.7 Å². The van der Waals surface area contributed by atoms with Gasteiger partial charge in [0.25, 0.3) is 0 Å². The first kappa shape index (κ1) is 20.7. The lowest BCUT2D eigenvalue weighted by Crippen LogP contribution is -2.30. The molecule has 29 heavy (non-hydrogen) atoms. The Kier molecular flexibility index (Phi) is 4.47. The second-order valence-corrected chi connectivity index (χ2v) is 5.54. The number of carbonyl (C=O) groups is 1. The molecular formula is C16F12O. The number of hydrogen-bond acceptors (Lipinski definition) is 1. The quantitative estimate of drug-likeness (QED) is 0.309. The van der Waals surface area contributed by atoms with Gasteiger partial charge < -0.3 is 0 Å². The zero-order chi connectivity index (χ0) is 22.2. The molecular weight excluding hydrogens is 436 g/mol. The van der Waals surface area contributed by atoms with E-state index >= 15 is 0 Å². The van der Waals surface area contributed by atoms with Crippen LogP contribution in [-0.2, 0) is 5.92 Å². The van der Waals surface area contributed by atoms with Crippen LogP contribution in [0.2, 0.25) is 0 Å². The molecule has 1 aliphatic rings. The normalized spacial score (nSPS) is 15.8. The molecule has 0 bridgehead atoms. The van der Waals surface area contributed by atoms with Crippen LogP contribution >= 0.6 is 0 Å². The van der Waals surface area contributed by atoms with Crippen LogP contribution in [0.25, 0.3) is 11.1 Å². The minimum atomic E-state index is -5.54. The first-order valence-corrected chi connectivity index (χ1v) is 6.97. The van der Waals surface area contributed by atoms with E-state index in [9.17, 15) is 57.5 Å². The number of halogens is 12. The van der Waals surface area contributed by atoms with Gasteiger partial charge >= 0.3 is 5.92 Å². The first-order valence-electron chi connectivity index (χ1n) is 6.97. The molecule has 0 saturated heterocycles. The highest BCUT2D eigenvalue weighted by Gasteiger charge is 2.54. The minimum absolute atomic E-state index is 2.38. The molecule has 0 spiro atoms. The van der Waals surface area contributed by atoms with E-state index in [2.05, 4.69) is 0 Å². The summed E-state index contributed by atoms with van der Waals surface area (Å²) in [6.07, 6.45) is 0. The molecule has 0 radical (unpaired) electrons. The Labute approximate surface area is 150 Å². The second-order valence-electron chi connectivity index (χ2n) is 5.54. The predicted octanol–water partition coefficient (Wildman–Crippen LogP) is 5.91. The van der Waals surface area contributed by atoms with Gasteiger partial charge in [0.15, 0.2) is 40.7 Å². The van der Waals surface area contributed by atoms with Gasteiger partial charge in [-0.2, -0.15) is 13.2 Å². The molecule has 0 heterocycles. The standard InChI is InChI=1S/C16F12O/c17-5-1(2-6(18)10(22)12(24)11(23)7(2)19)4-3(8(20)9(5)21)14(29)13(25)15(26)16(4,27)28. The van der Waals surface area contributed by atoms with E-state index in [1.807, 2.05) is 0 Å². The molecule has 0 amide bonds. The van der Waals surface area contributed by atoms with Crippen molar-refractivity contribution in [2.75, 3.05) is 0 Å². The van der Waals surface area contributed by atoms with E-state index in [1.165, 1.54) is 0 Å². The van der Waals surface area contributed by atoms with Crippen molar-refractivity contribution in [3.63, 3.8) is 0 Å². The Hall–Kier alpha value is -2.99. The zero-order valence-electron chi connectivity index (χ0n) is 12.9. The molecule has 2 aromatic carbocycles. The van der Waals surface area contributed by atoms with Crippen LogP contribution in [0, 0.1) is 46.5 Å².